The van der Waals surface area contributed by atoms with E-state index in [0.717, 1.165) is 17.2 Å². The van der Waals surface area contributed by atoms with Gasteiger partial charge in [-0.25, -0.2) is 4.98 Å². The SMILES string of the molecule is CC(=O)c1csc(CCOc2cc(C)cc(C)c2)n1. The number of nitrogens with zero attached hydrogens (tertiary/aromatic N) is 1. The van der Waals surface area contributed by atoms with Crippen LogP contribution < -0.4 is 4.74 Å². The van der Waals surface area contributed by atoms with Crippen LogP contribution in [0.3, 0.4) is 0 Å². The van der Waals surface area contributed by atoms with E-state index in [-0.39, 0.29) is 5.78 Å². The van der Waals surface area contributed by atoms with Crippen molar-refractivity contribution >= 4 is 17.1 Å². The Balaban J connectivity index is 1.90. The number of carbonyl (C=O) groups excluding carboxylic acids is 1. The summed E-state index contributed by atoms with van der Waals surface area (Å²) in [6.07, 6.45) is 0.727. The summed E-state index contributed by atoms with van der Waals surface area (Å²) in [7, 11) is 0. The molecule has 0 bridgehead atoms. The van der Waals surface area contributed by atoms with Gasteiger partial charge in [0.25, 0.3) is 0 Å². The van der Waals surface area contributed by atoms with E-state index in [1.807, 2.05) is 12.1 Å². The zero-order valence-corrected chi connectivity index (χ0v) is 12.2. The van der Waals surface area contributed by atoms with E-state index in [2.05, 4.69) is 24.9 Å². The largest absolute Gasteiger partial charge is 0.493 e. The highest BCUT2D eigenvalue weighted by molar-refractivity contribution is 7.09. The first-order chi connectivity index (χ1) is 9.04. The number of rotatable bonds is 5. The highest BCUT2D eigenvalue weighted by Gasteiger charge is 2.06. The van der Waals surface area contributed by atoms with E-state index < -0.39 is 0 Å². The zero-order chi connectivity index (χ0) is 13.8. The van der Waals surface area contributed by atoms with Gasteiger partial charge < -0.3 is 4.74 Å². The van der Waals surface area contributed by atoms with Crippen molar-refractivity contribution < 1.29 is 9.53 Å². The molecule has 2 rings (SSSR count). The van der Waals surface area contributed by atoms with Crippen LogP contribution in [-0.4, -0.2) is 17.4 Å². The van der Waals surface area contributed by atoms with E-state index in [9.17, 15) is 4.79 Å². The Labute approximate surface area is 117 Å². The number of aromatic nitrogens is 1. The van der Waals surface area contributed by atoms with Gasteiger partial charge in [-0.2, -0.15) is 0 Å². The molecule has 0 unspecified atom stereocenters. The standard InChI is InChI=1S/C15H17NO2S/c1-10-6-11(2)8-13(7-10)18-5-4-15-16-14(9-19-15)12(3)17/h6-9H,4-5H2,1-3H3. The van der Waals surface area contributed by atoms with Crippen LogP contribution >= 0.6 is 11.3 Å². The Kier molecular flexibility index (Phi) is 4.32. The minimum Gasteiger partial charge on any atom is -0.493 e. The van der Waals surface area contributed by atoms with Crippen LogP contribution in [0.25, 0.3) is 0 Å². The first-order valence-electron chi connectivity index (χ1n) is 6.21. The third-order valence-electron chi connectivity index (χ3n) is 2.69. The Morgan fingerprint density at radius 1 is 1.26 bits per heavy atom. The van der Waals surface area contributed by atoms with Crippen molar-refractivity contribution in [3.63, 3.8) is 0 Å². The lowest BCUT2D eigenvalue weighted by Gasteiger charge is -2.07. The van der Waals surface area contributed by atoms with E-state index in [0.29, 0.717) is 12.3 Å². The topological polar surface area (TPSA) is 39.2 Å². The Bertz CT molecular complexity index is 569. The molecule has 2 aromatic rings. The molecule has 0 spiro atoms. The fraction of sp³-hybridized carbons (Fsp3) is 0.333. The molecule has 1 aromatic carbocycles. The summed E-state index contributed by atoms with van der Waals surface area (Å²) >= 11 is 1.51. The summed E-state index contributed by atoms with van der Waals surface area (Å²) < 4.78 is 5.72. The summed E-state index contributed by atoms with van der Waals surface area (Å²) in [5.41, 5.74) is 2.94. The van der Waals surface area contributed by atoms with Crippen LogP contribution in [0.4, 0.5) is 0 Å². The molecule has 0 fully saturated rings. The smallest absolute Gasteiger partial charge is 0.178 e. The summed E-state index contributed by atoms with van der Waals surface area (Å²) in [5, 5.41) is 2.74. The molecule has 0 aliphatic heterocycles. The average Bonchev–Trinajstić information content (AvgIpc) is 2.76. The molecule has 0 saturated heterocycles. The number of ketones is 1. The molecule has 1 aromatic heterocycles. The first kappa shape index (κ1) is 13.7. The first-order valence-corrected chi connectivity index (χ1v) is 7.09. The number of Topliss-reactive ketones (excluding diaryl/α,β-unsaturated/α-hetero) is 1. The number of ether oxygens (including phenoxy) is 1. The van der Waals surface area contributed by atoms with Gasteiger partial charge in [0, 0.05) is 18.7 Å². The fourth-order valence-corrected chi connectivity index (χ4v) is 2.68. The molecule has 0 N–H and O–H groups in total. The second-order valence-corrected chi connectivity index (χ2v) is 5.55. The van der Waals surface area contributed by atoms with Crippen molar-refractivity contribution in [3.8, 4) is 5.75 Å². The molecule has 1 heterocycles. The maximum atomic E-state index is 11.1. The molecule has 0 aliphatic rings. The molecule has 0 aliphatic carbocycles. The van der Waals surface area contributed by atoms with E-state index in [1.165, 1.54) is 29.4 Å². The lowest BCUT2D eigenvalue weighted by Crippen LogP contribution is -2.02. The molecular weight excluding hydrogens is 258 g/mol. The van der Waals surface area contributed by atoms with Crippen molar-refractivity contribution in [2.75, 3.05) is 6.61 Å². The lowest BCUT2D eigenvalue weighted by molar-refractivity contribution is 0.101. The van der Waals surface area contributed by atoms with Gasteiger partial charge >= 0.3 is 0 Å². The van der Waals surface area contributed by atoms with Gasteiger partial charge in [-0.1, -0.05) is 6.07 Å². The molecule has 100 valence electrons. The summed E-state index contributed by atoms with van der Waals surface area (Å²) in [5.74, 6) is 0.901. The minimum atomic E-state index is 0.0118. The number of carbonyl (C=O) groups is 1. The molecule has 4 heteroatoms. The van der Waals surface area contributed by atoms with Crippen molar-refractivity contribution in [2.24, 2.45) is 0 Å². The van der Waals surface area contributed by atoms with Crippen LogP contribution in [0, 0.1) is 13.8 Å². The second kappa shape index (κ2) is 5.97. The highest BCUT2D eigenvalue weighted by atomic mass is 32.1. The number of benzene rings is 1. The number of hydrogen-bond donors (Lipinski definition) is 0. The Hall–Kier alpha value is -1.68. The van der Waals surface area contributed by atoms with E-state index >= 15 is 0 Å². The van der Waals surface area contributed by atoms with Crippen LogP contribution in [-0.2, 0) is 6.42 Å². The quantitative estimate of drug-likeness (QED) is 0.783. The van der Waals surface area contributed by atoms with E-state index in [1.54, 1.807) is 5.38 Å². The third kappa shape index (κ3) is 3.89. The van der Waals surface area contributed by atoms with Crippen LogP contribution in [0.1, 0.15) is 33.5 Å². The molecule has 0 saturated carbocycles. The number of hydrogen-bond acceptors (Lipinski definition) is 4. The zero-order valence-electron chi connectivity index (χ0n) is 11.4. The summed E-state index contributed by atoms with van der Waals surface area (Å²) in [6.45, 7) is 6.22. The molecule has 0 atom stereocenters. The van der Waals surface area contributed by atoms with Gasteiger partial charge in [0.2, 0.25) is 0 Å². The van der Waals surface area contributed by atoms with Gasteiger partial charge in [0.15, 0.2) is 5.78 Å². The molecule has 3 nitrogen and oxygen atoms in total. The minimum absolute atomic E-state index is 0.0118. The third-order valence-corrected chi connectivity index (χ3v) is 3.60. The predicted molar refractivity (Wildman–Crippen MR) is 77.2 cm³/mol. The van der Waals surface area contributed by atoms with Crippen molar-refractivity contribution in [1.82, 2.24) is 4.98 Å². The summed E-state index contributed by atoms with van der Waals surface area (Å²) in [6, 6.07) is 6.17. The average molecular weight is 275 g/mol. The maximum absolute atomic E-state index is 11.1. The van der Waals surface area contributed by atoms with Crippen molar-refractivity contribution in [2.45, 2.75) is 27.2 Å². The lowest BCUT2D eigenvalue weighted by atomic mass is 10.1. The maximum Gasteiger partial charge on any atom is 0.178 e. The highest BCUT2D eigenvalue weighted by Crippen LogP contribution is 2.17. The normalized spacial score (nSPS) is 10.5. The predicted octanol–water partition coefficient (Wildman–Crippen LogP) is 3.58. The number of aryl methyl sites for hydroxylation is 2. The Morgan fingerprint density at radius 3 is 2.53 bits per heavy atom. The van der Waals surface area contributed by atoms with Crippen molar-refractivity contribution in [3.05, 3.63) is 45.4 Å². The molecule has 19 heavy (non-hydrogen) atoms. The van der Waals surface area contributed by atoms with Gasteiger partial charge in [-0.15, -0.1) is 11.3 Å². The second-order valence-electron chi connectivity index (χ2n) is 4.60. The fourth-order valence-electron chi connectivity index (χ4n) is 1.86. The Morgan fingerprint density at radius 2 is 1.95 bits per heavy atom. The number of thiazole rings is 1. The molecule has 0 radical (unpaired) electrons. The van der Waals surface area contributed by atoms with Crippen molar-refractivity contribution in [1.29, 1.82) is 0 Å². The van der Waals surface area contributed by atoms with Crippen LogP contribution in [0.2, 0.25) is 0 Å². The monoisotopic (exact) mass is 275 g/mol. The van der Waals surface area contributed by atoms with Gasteiger partial charge in [0.05, 0.1) is 11.6 Å². The molecular formula is C15H17NO2S. The van der Waals surface area contributed by atoms with Crippen LogP contribution in [0.15, 0.2) is 23.6 Å². The van der Waals surface area contributed by atoms with Gasteiger partial charge in [-0.05, 0) is 37.1 Å². The van der Waals surface area contributed by atoms with Gasteiger partial charge in [0.1, 0.15) is 11.4 Å². The molecule has 0 amide bonds. The van der Waals surface area contributed by atoms with Gasteiger partial charge in [-0.3, -0.25) is 4.79 Å². The van der Waals surface area contributed by atoms with Crippen LogP contribution in [0.5, 0.6) is 5.75 Å². The summed E-state index contributed by atoms with van der Waals surface area (Å²) in [4.78, 5) is 15.4. The van der Waals surface area contributed by atoms with E-state index in [4.69, 9.17) is 4.74 Å².